The van der Waals surface area contributed by atoms with Crippen molar-refractivity contribution in [3.05, 3.63) is 23.0 Å². The monoisotopic (exact) mass is 286 g/mol. The third kappa shape index (κ3) is 3.99. The van der Waals surface area contributed by atoms with Gasteiger partial charge in [0.25, 0.3) is 5.91 Å². The first kappa shape index (κ1) is 15.6. The van der Waals surface area contributed by atoms with Crippen LogP contribution in [0.25, 0.3) is 0 Å². The molecule has 0 atom stereocenters. The largest absolute Gasteiger partial charge is 0.465 e. The minimum Gasteiger partial charge on any atom is -0.465 e. The van der Waals surface area contributed by atoms with E-state index in [0.29, 0.717) is 30.4 Å². The van der Waals surface area contributed by atoms with Crippen LogP contribution in [0.15, 0.2) is 12.3 Å². The van der Waals surface area contributed by atoms with Crippen LogP contribution in [-0.4, -0.2) is 41.0 Å². The number of nitrogens with zero attached hydrogens (tertiary/aromatic N) is 2. The number of aromatic nitrogens is 1. The number of amides is 1. The molecule has 1 aromatic rings. The molecule has 1 aromatic heterocycles. The maximum atomic E-state index is 12.3. The summed E-state index contributed by atoms with van der Waals surface area (Å²) in [5.41, 5.74) is 0.485. The molecule has 0 radical (unpaired) electrons. The molecule has 1 amide bonds. The molecular weight excluding hydrogens is 268 g/mol. The smallest absolute Gasteiger partial charge is 0.325 e. The minimum absolute atomic E-state index is 0.0459. The molecule has 0 saturated heterocycles. The van der Waals surface area contributed by atoms with Gasteiger partial charge in [0.1, 0.15) is 12.2 Å². The summed E-state index contributed by atoms with van der Waals surface area (Å²) in [6.07, 6.45) is 1.70. The van der Waals surface area contributed by atoms with Gasteiger partial charge < -0.3 is 14.2 Å². The predicted molar refractivity (Wildman–Crippen MR) is 73.3 cm³/mol. The van der Waals surface area contributed by atoms with Crippen molar-refractivity contribution in [3.63, 3.8) is 0 Å². The van der Waals surface area contributed by atoms with Gasteiger partial charge in [-0.1, -0.05) is 11.6 Å². The predicted octanol–water partition coefficient (Wildman–Crippen LogP) is 2.19. The SMILES string of the molecule is CCOC(=O)CN(CC)C(=O)c1cc(Cl)cn1CC. The molecule has 0 aliphatic heterocycles. The van der Waals surface area contributed by atoms with E-state index in [9.17, 15) is 9.59 Å². The zero-order valence-corrected chi connectivity index (χ0v) is 12.2. The first-order chi connectivity index (χ1) is 9.03. The lowest BCUT2D eigenvalue weighted by molar-refractivity contribution is -0.143. The lowest BCUT2D eigenvalue weighted by atomic mass is 10.3. The van der Waals surface area contributed by atoms with E-state index < -0.39 is 5.97 Å². The molecule has 0 unspecified atom stereocenters. The molecule has 0 aromatic carbocycles. The highest BCUT2D eigenvalue weighted by Gasteiger charge is 2.21. The van der Waals surface area contributed by atoms with Crippen LogP contribution in [0.2, 0.25) is 5.02 Å². The number of ether oxygens (including phenoxy) is 1. The van der Waals surface area contributed by atoms with E-state index in [-0.39, 0.29) is 12.5 Å². The molecule has 19 heavy (non-hydrogen) atoms. The van der Waals surface area contributed by atoms with E-state index in [1.54, 1.807) is 23.8 Å². The number of hydrogen-bond donors (Lipinski definition) is 0. The van der Waals surface area contributed by atoms with Gasteiger partial charge in [0.05, 0.1) is 11.6 Å². The third-order valence-corrected chi connectivity index (χ3v) is 2.92. The van der Waals surface area contributed by atoms with Crippen LogP contribution in [-0.2, 0) is 16.1 Å². The normalized spacial score (nSPS) is 10.3. The van der Waals surface area contributed by atoms with Gasteiger partial charge in [-0.25, -0.2) is 0 Å². The maximum Gasteiger partial charge on any atom is 0.325 e. The number of carbonyl (C=O) groups is 2. The molecule has 0 aliphatic carbocycles. The Kier molecular flexibility index (Phi) is 5.89. The fourth-order valence-electron chi connectivity index (χ4n) is 1.77. The van der Waals surface area contributed by atoms with E-state index in [1.165, 1.54) is 4.90 Å². The Morgan fingerprint density at radius 3 is 2.58 bits per heavy atom. The van der Waals surface area contributed by atoms with Crippen LogP contribution >= 0.6 is 11.6 Å². The number of aryl methyl sites for hydroxylation is 1. The van der Waals surface area contributed by atoms with Crippen molar-refractivity contribution in [1.82, 2.24) is 9.47 Å². The first-order valence-corrected chi connectivity index (χ1v) is 6.71. The van der Waals surface area contributed by atoms with Crippen molar-refractivity contribution >= 4 is 23.5 Å². The molecule has 1 heterocycles. The molecule has 0 fully saturated rings. The van der Waals surface area contributed by atoms with Crippen LogP contribution in [0.4, 0.5) is 0 Å². The molecule has 5 nitrogen and oxygen atoms in total. The molecule has 0 saturated carbocycles. The zero-order chi connectivity index (χ0) is 14.4. The van der Waals surface area contributed by atoms with Crippen LogP contribution < -0.4 is 0 Å². The molecule has 0 N–H and O–H groups in total. The Morgan fingerprint density at radius 2 is 2.05 bits per heavy atom. The van der Waals surface area contributed by atoms with Gasteiger partial charge in [-0.3, -0.25) is 9.59 Å². The van der Waals surface area contributed by atoms with Crippen LogP contribution in [0.5, 0.6) is 0 Å². The van der Waals surface area contributed by atoms with Gasteiger partial charge >= 0.3 is 5.97 Å². The maximum absolute atomic E-state index is 12.3. The lowest BCUT2D eigenvalue weighted by Gasteiger charge is -2.20. The average Bonchev–Trinajstić information content (AvgIpc) is 2.76. The molecule has 6 heteroatoms. The van der Waals surface area contributed by atoms with E-state index in [2.05, 4.69) is 0 Å². The Balaban J connectivity index is 2.85. The van der Waals surface area contributed by atoms with Crippen molar-refractivity contribution in [2.45, 2.75) is 27.3 Å². The second-order valence-electron chi connectivity index (χ2n) is 3.95. The summed E-state index contributed by atoms with van der Waals surface area (Å²) in [5, 5.41) is 0.511. The molecule has 1 rings (SSSR count). The van der Waals surface area contributed by atoms with Crippen molar-refractivity contribution in [2.24, 2.45) is 0 Å². The molecular formula is C13H19ClN2O3. The number of esters is 1. The molecule has 0 aliphatic rings. The number of rotatable bonds is 6. The molecule has 0 bridgehead atoms. The fraction of sp³-hybridized carbons (Fsp3) is 0.538. The van der Waals surface area contributed by atoms with Crippen LogP contribution in [0.3, 0.4) is 0 Å². The summed E-state index contributed by atoms with van der Waals surface area (Å²) in [6, 6.07) is 1.61. The highest BCUT2D eigenvalue weighted by molar-refractivity contribution is 6.31. The Bertz CT molecular complexity index is 457. The highest BCUT2D eigenvalue weighted by Crippen LogP contribution is 2.16. The lowest BCUT2D eigenvalue weighted by Crippen LogP contribution is -2.37. The summed E-state index contributed by atoms with van der Waals surface area (Å²) in [5.74, 6) is -0.622. The van der Waals surface area contributed by atoms with E-state index in [0.717, 1.165) is 0 Å². The summed E-state index contributed by atoms with van der Waals surface area (Å²) in [4.78, 5) is 25.2. The van der Waals surface area contributed by atoms with Gasteiger partial charge in [-0.2, -0.15) is 0 Å². The van der Waals surface area contributed by atoms with E-state index in [4.69, 9.17) is 16.3 Å². The first-order valence-electron chi connectivity index (χ1n) is 6.34. The van der Waals surface area contributed by atoms with Crippen molar-refractivity contribution in [2.75, 3.05) is 19.7 Å². The number of hydrogen-bond acceptors (Lipinski definition) is 3. The number of carbonyl (C=O) groups excluding carboxylic acids is 2. The molecule has 0 spiro atoms. The minimum atomic E-state index is -0.404. The van der Waals surface area contributed by atoms with Gasteiger partial charge in [-0.15, -0.1) is 0 Å². The zero-order valence-electron chi connectivity index (χ0n) is 11.5. The molecule has 106 valence electrons. The Morgan fingerprint density at radius 1 is 1.37 bits per heavy atom. The van der Waals surface area contributed by atoms with Crippen LogP contribution in [0, 0.1) is 0 Å². The quantitative estimate of drug-likeness (QED) is 0.753. The average molecular weight is 287 g/mol. The standard InChI is InChI=1S/C13H19ClN2O3/c1-4-15-8-10(14)7-11(15)13(18)16(5-2)9-12(17)19-6-3/h7-8H,4-6,9H2,1-3H3. The van der Waals surface area contributed by atoms with Gasteiger partial charge in [0.2, 0.25) is 0 Å². The fourth-order valence-corrected chi connectivity index (χ4v) is 1.99. The van der Waals surface area contributed by atoms with Gasteiger partial charge in [0, 0.05) is 19.3 Å². The van der Waals surface area contributed by atoms with Crippen molar-refractivity contribution < 1.29 is 14.3 Å². The third-order valence-electron chi connectivity index (χ3n) is 2.72. The van der Waals surface area contributed by atoms with Crippen molar-refractivity contribution in [1.29, 1.82) is 0 Å². The summed E-state index contributed by atoms with van der Waals surface area (Å²) < 4.78 is 6.62. The second-order valence-corrected chi connectivity index (χ2v) is 4.39. The summed E-state index contributed by atoms with van der Waals surface area (Å²) in [6.45, 7) is 6.82. The number of likely N-dealkylation sites (N-methyl/N-ethyl adjacent to an activating group) is 1. The Hall–Kier alpha value is -1.49. The van der Waals surface area contributed by atoms with E-state index >= 15 is 0 Å². The number of halogens is 1. The van der Waals surface area contributed by atoms with Gasteiger partial charge in [0.15, 0.2) is 0 Å². The van der Waals surface area contributed by atoms with E-state index in [1.807, 2.05) is 13.8 Å². The summed E-state index contributed by atoms with van der Waals surface area (Å²) in [7, 11) is 0. The summed E-state index contributed by atoms with van der Waals surface area (Å²) >= 11 is 5.91. The van der Waals surface area contributed by atoms with Crippen molar-refractivity contribution in [3.8, 4) is 0 Å². The second kappa shape index (κ2) is 7.19. The van der Waals surface area contributed by atoms with Gasteiger partial charge in [-0.05, 0) is 26.8 Å². The Labute approximate surface area is 118 Å². The van der Waals surface area contributed by atoms with Crippen LogP contribution in [0.1, 0.15) is 31.3 Å². The topological polar surface area (TPSA) is 51.5 Å². The highest BCUT2D eigenvalue weighted by atomic mass is 35.5.